The first-order valence-corrected chi connectivity index (χ1v) is 14.4. The highest BCUT2D eigenvalue weighted by Crippen LogP contribution is 2.34. The lowest BCUT2D eigenvalue weighted by molar-refractivity contribution is 0.339. The molecular formula is C25H38N6OS2. The van der Waals surface area contributed by atoms with E-state index in [4.69, 9.17) is 15.7 Å². The highest BCUT2D eigenvalue weighted by molar-refractivity contribution is 7.96. The Balaban J connectivity index is 0.00000158. The third kappa shape index (κ3) is 6.38. The topological polar surface area (TPSA) is 99.9 Å². The molecule has 3 aromatic rings. The van der Waals surface area contributed by atoms with E-state index in [2.05, 4.69) is 27.8 Å². The Morgan fingerprint density at radius 3 is 2.65 bits per heavy atom. The summed E-state index contributed by atoms with van der Waals surface area (Å²) in [6.45, 7) is 8.67. The van der Waals surface area contributed by atoms with E-state index in [9.17, 15) is 4.79 Å². The molecule has 0 radical (unpaired) electrons. The van der Waals surface area contributed by atoms with Gasteiger partial charge in [-0.15, -0.1) is 11.3 Å². The Bertz CT molecular complexity index is 1060. The van der Waals surface area contributed by atoms with Gasteiger partial charge in [0.15, 0.2) is 0 Å². The van der Waals surface area contributed by atoms with Crippen molar-refractivity contribution < 1.29 is 0 Å². The fourth-order valence-corrected chi connectivity index (χ4v) is 5.76. The first kappa shape index (κ1) is 26.7. The van der Waals surface area contributed by atoms with E-state index in [-0.39, 0.29) is 17.5 Å². The number of benzene rings is 1. The van der Waals surface area contributed by atoms with Gasteiger partial charge in [-0.2, -0.15) is 0 Å². The van der Waals surface area contributed by atoms with Gasteiger partial charge in [0.25, 0.3) is 5.56 Å². The number of nitrogens with two attached hydrogens (primary N) is 1. The summed E-state index contributed by atoms with van der Waals surface area (Å²) in [4.78, 5) is 26.2. The van der Waals surface area contributed by atoms with Crippen LogP contribution < -0.4 is 16.6 Å². The van der Waals surface area contributed by atoms with Gasteiger partial charge >= 0.3 is 0 Å². The predicted molar refractivity (Wildman–Crippen MR) is 148 cm³/mol. The normalized spacial score (nSPS) is 15.7. The molecule has 0 spiro atoms. The number of H-pyrrole nitrogens is 1. The van der Waals surface area contributed by atoms with Crippen LogP contribution in [0.5, 0.6) is 0 Å². The maximum absolute atomic E-state index is 13.4. The molecule has 0 saturated carbocycles. The Kier molecular flexibility index (Phi) is 10.4. The van der Waals surface area contributed by atoms with Crippen LogP contribution in [0.3, 0.4) is 0 Å². The fourth-order valence-electron chi connectivity index (χ4n) is 4.17. The van der Waals surface area contributed by atoms with E-state index >= 15 is 0 Å². The van der Waals surface area contributed by atoms with Crippen LogP contribution in [0.4, 0.5) is 5.82 Å². The van der Waals surface area contributed by atoms with E-state index in [0.29, 0.717) is 22.9 Å². The molecule has 34 heavy (non-hydrogen) atoms. The van der Waals surface area contributed by atoms with Crippen molar-refractivity contribution in [3.63, 3.8) is 0 Å². The second kappa shape index (κ2) is 13.2. The van der Waals surface area contributed by atoms with E-state index in [0.717, 1.165) is 61.2 Å². The minimum atomic E-state index is -0.130. The lowest BCUT2D eigenvalue weighted by Crippen LogP contribution is -2.32. The molecule has 1 aromatic carbocycles. The number of piperidine rings is 1. The van der Waals surface area contributed by atoms with Crippen molar-refractivity contribution in [2.24, 2.45) is 5.73 Å². The second-order valence-electron chi connectivity index (χ2n) is 8.27. The molecule has 1 atom stereocenters. The number of fused-ring (bicyclic) bond motifs is 1. The van der Waals surface area contributed by atoms with Crippen LogP contribution >= 0.6 is 23.3 Å². The quantitative estimate of drug-likeness (QED) is 0.334. The van der Waals surface area contributed by atoms with Crippen molar-refractivity contribution in [3.8, 4) is 10.6 Å². The molecule has 1 aliphatic heterocycles. The first-order chi connectivity index (χ1) is 16.6. The Morgan fingerprint density at radius 1 is 1.26 bits per heavy atom. The molecule has 9 heteroatoms. The van der Waals surface area contributed by atoms with Crippen LogP contribution in [-0.2, 0) is 0 Å². The van der Waals surface area contributed by atoms with Crippen LogP contribution in [0.15, 0.2) is 29.1 Å². The van der Waals surface area contributed by atoms with Crippen LogP contribution in [-0.4, -0.2) is 51.2 Å². The standard InChI is InChI=1S/C23H32N6OS2.C2H6/c1-3-4-7-16(14-24)25-21-19(23-26-17-8-5-6-9-18(17)32-23)22(30)28-20(27-21)15-10-12-29(31-2)13-11-15;1-2/h5-6,8-9,15-16H,3-4,7,10-14,24H2,1-2H3,(H2,25,27,28,30);1-2H3. The summed E-state index contributed by atoms with van der Waals surface area (Å²) >= 11 is 3.30. The van der Waals surface area contributed by atoms with Gasteiger partial charge in [0.1, 0.15) is 22.2 Å². The lowest BCUT2D eigenvalue weighted by Gasteiger charge is -2.29. The summed E-state index contributed by atoms with van der Waals surface area (Å²) in [5.41, 5.74) is 7.35. The molecule has 1 saturated heterocycles. The van der Waals surface area contributed by atoms with Gasteiger partial charge in [0.2, 0.25) is 0 Å². The van der Waals surface area contributed by atoms with Gasteiger partial charge < -0.3 is 16.0 Å². The number of anilines is 1. The zero-order valence-electron chi connectivity index (χ0n) is 20.8. The smallest absolute Gasteiger partial charge is 0.263 e. The average Bonchev–Trinajstić information content (AvgIpc) is 3.31. The van der Waals surface area contributed by atoms with Crippen molar-refractivity contribution in [2.75, 3.05) is 31.2 Å². The average molecular weight is 503 g/mol. The summed E-state index contributed by atoms with van der Waals surface area (Å²) in [5.74, 6) is 1.64. The Morgan fingerprint density at radius 2 is 2.00 bits per heavy atom. The minimum absolute atomic E-state index is 0.0727. The molecule has 7 nitrogen and oxygen atoms in total. The van der Waals surface area contributed by atoms with E-state index in [1.165, 1.54) is 11.3 Å². The molecule has 2 aromatic heterocycles. The largest absolute Gasteiger partial charge is 0.365 e. The molecule has 4 N–H and O–H groups in total. The second-order valence-corrected chi connectivity index (χ2v) is 10.2. The fraction of sp³-hybridized carbons (Fsp3) is 0.560. The molecule has 1 aliphatic rings. The number of rotatable bonds is 9. The molecular weight excluding hydrogens is 464 g/mol. The SMILES string of the molecule is CC.CCCCC(CN)Nc1nc(C2CCN(SC)CC2)[nH]c(=O)c1-c1nc2ccccc2s1. The molecule has 1 unspecified atom stereocenters. The maximum atomic E-state index is 13.4. The monoisotopic (exact) mass is 502 g/mol. The molecule has 1 fully saturated rings. The lowest BCUT2D eigenvalue weighted by atomic mass is 9.97. The highest BCUT2D eigenvalue weighted by Gasteiger charge is 2.26. The van der Waals surface area contributed by atoms with Crippen LogP contribution in [0.1, 0.15) is 64.6 Å². The molecule has 3 heterocycles. The summed E-state index contributed by atoms with van der Waals surface area (Å²) in [6.07, 6.45) is 7.21. The molecule has 0 aliphatic carbocycles. The number of para-hydroxylation sites is 1. The summed E-state index contributed by atoms with van der Waals surface area (Å²) in [7, 11) is 0. The van der Waals surface area contributed by atoms with E-state index in [1.54, 1.807) is 11.9 Å². The van der Waals surface area contributed by atoms with Gasteiger partial charge in [-0.1, -0.05) is 57.7 Å². The highest BCUT2D eigenvalue weighted by atomic mass is 32.2. The Hall–Kier alpha value is -1.94. The zero-order valence-corrected chi connectivity index (χ0v) is 22.4. The van der Waals surface area contributed by atoms with Crippen LogP contribution in [0.25, 0.3) is 20.8 Å². The third-order valence-electron chi connectivity index (χ3n) is 6.08. The number of hydrogen-bond acceptors (Lipinski definition) is 8. The summed E-state index contributed by atoms with van der Waals surface area (Å²) in [5, 5.41) is 4.20. The summed E-state index contributed by atoms with van der Waals surface area (Å²) < 4.78 is 3.42. The third-order valence-corrected chi connectivity index (χ3v) is 8.01. The number of thiazole rings is 1. The van der Waals surface area contributed by atoms with Gasteiger partial charge in [0.05, 0.1) is 10.2 Å². The number of aromatic nitrogens is 3. The first-order valence-electron chi connectivity index (χ1n) is 12.4. The van der Waals surface area contributed by atoms with Crippen molar-refractivity contribution >= 4 is 39.3 Å². The van der Waals surface area contributed by atoms with Crippen molar-refractivity contribution in [2.45, 2.75) is 64.8 Å². The van der Waals surface area contributed by atoms with E-state index in [1.807, 2.05) is 38.1 Å². The Labute approximate surface area is 211 Å². The summed E-state index contributed by atoms with van der Waals surface area (Å²) in [6, 6.07) is 8.03. The number of nitrogens with one attached hydrogen (secondary N) is 2. The van der Waals surface area contributed by atoms with Gasteiger partial charge in [-0.05, 0) is 37.7 Å². The van der Waals surface area contributed by atoms with Crippen molar-refractivity contribution in [1.29, 1.82) is 0 Å². The maximum Gasteiger partial charge on any atom is 0.263 e. The number of aromatic amines is 1. The predicted octanol–water partition coefficient (Wildman–Crippen LogP) is 5.46. The van der Waals surface area contributed by atoms with Gasteiger partial charge in [0, 0.05) is 31.6 Å². The minimum Gasteiger partial charge on any atom is -0.365 e. The van der Waals surface area contributed by atoms with Crippen LogP contribution in [0.2, 0.25) is 0 Å². The molecule has 4 rings (SSSR count). The van der Waals surface area contributed by atoms with E-state index < -0.39 is 0 Å². The van der Waals surface area contributed by atoms with Crippen molar-refractivity contribution in [3.05, 3.63) is 40.4 Å². The van der Waals surface area contributed by atoms with Gasteiger partial charge in [-0.25, -0.2) is 9.97 Å². The number of unbranched alkanes of at least 4 members (excludes halogenated alkanes) is 1. The zero-order chi connectivity index (χ0) is 24.5. The number of nitrogens with zero attached hydrogens (tertiary/aromatic N) is 3. The molecule has 0 bridgehead atoms. The van der Waals surface area contributed by atoms with Crippen molar-refractivity contribution in [1.82, 2.24) is 19.3 Å². The van der Waals surface area contributed by atoms with Crippen LogP contribution in [0, 0.1) is 0 Å². The molecule has 186 valence electrons. The van der Waals surface area contributed by atoms with Gasteiger partial charge in [-0.3, -0.25) is 9.10 Å². The number of hydrogen-bond donors (Lipinski definition) is 3. The molecule has 0 amide bonds.